The molecule has 4 rings (SSSR count). The number of para-hydroxylation sites is 1. The molecule has 1 atom stereocenters. The predicted octanol–water partition coefficient (Wildman–Crippen LogP) is 4.47. The maximum Gasteiger partial charge on any atom is 0.319 e. The van der Waals surface area contributed by atoms with Gasteiger partial charge in [-0.2, -0.15) is 0 Å². The summed E-state index contributed by atoms with van der Waals surface area (Å²) in [6.45, 7) is 3.83. The number of halogens is 1. The van der Waals surface area contributed by atoms with Gasteiger partial charge in [-0.05, 0) is 55.5 Å². The number of imidazole rings is 1. The third-order valence-corrected chi connectivity index (χ3v) is 6.76. The number of likely N-dealkylation sites (tertiary alicyclic amines) is 1. The van der Waals surface area contributed by atoms with Crippen molar-refractivity contribution >= 4 is 29.4 Å². The highest BCUT2D eigenvalue weighted by molar-refractivity contribution is 7.99. The molecule has 9 heteroatoms. The largest absolute Gasteiger partial charge is 0.342 e. The van der Waals surface area contributed by atoms with Crippen LogP contribution in [0.15, 0.2) is 66.1 Å². The number of amides is 3. The molecule has 0 radical (unpaired) electrons. The number of nitrogens with zero attached hydrogens (tertiary/aromatic N) is 3. The Labute approximate surface area is 202 Å². The zero-order chi connectivity index (χ0) is 23.9. The summed E-state index contributed by atoms with van der Waals surface area (Å²) in [7, 11) is 0. The molecule has 0 spiro atoms. The van der Waals surface area contributed by atoms with E-state index in [1.54, 1.807) is 18.3 Å². The molecule has 0 aliphatic carbocycles. The number of aryl methyl sites for hydroxylation is 1. The molecule has 178 valence electrons. The molecule has 34 heavy (non-hydrogen) atoms. The number of urea groups is 1. The molecule has 3 aromatic rings. The molecule has 1 unspecified atom stereocenters. The third-order valence-electron chi connectivity index (χ3n) is 5.81. The molecule has 2 heterocycles. The first-order valence-electron chi connectivity index (χ1n) is 11.3. The Morgan fingerprint density at radius 3 is 2.88 bits per heavy atom. The summed E-state index contributed by atoms with van der Waals surface area (Å²) >= 11 is 1.43. The fraction of sp³-hybridized carbons (Fsp3) is 0.320. The van der Waals surface area contributed by atoms with Crippen LogP contribution in [0.5, 0.6) is 0 Å². The summed E-state index contributed by atoms with van der Waals surface area (Å²) in [5.41, 5.74) is 2.59. The first-order valence-corrected chi connectivity index (χ1v) is 12.3. The summed E-state index contributed by atoms with van der Waals surface area (Å²) in [4.78, 5) is 31.3. The van der Waals surface area contributed by atoms with E-state index in [-0.39, 0.29) is 17.9 Å². The fourth-order valence-electron chi connectivity index (χ4n) is 4.07. The van der Waals surface area contributed by atoms with E-state index in [0.29, 0.717) is 24.5 Å². The van der Waals surface area contributed by atoms with Crippen molar-refractivity contribution in [2.45, 2.75) is 24.9 Å². The van der Waals surface area contributed by atoms with Crippen LogP contribution in [-0.4, -0.2) is 51.8 Å². The van der Waals surface area contributed by atoms with E-state index in [1.165, 1.54) is 23.9 Å². The van der Waals surface area contributed by atoms with E-state index >= 15 is 0 Å². The average molecular weight is 482 g/mol. The lowest BCUT2D eigenvalue weighted by molar-refractivity contribution is -0.130. The molecular formula is C25H28FN5O2S. The standard InChI is InChI=1S/C25H28FN5O2S/c1-18-6-2-3-10-22(18)31-13-11-27-25(31)34-17-23(32)30-12-5-7-19(16-30)15-28-24(33)29-21-9-4-8-20(26)14-21/h2-4,6,8-11,13-14,19H,5,7,12,15-17H2,1H3,(H2,28,29,33). The zero-order valence-electron chi connectivity index (χ0n) is 19.0. The number of hydrogen-bond acceptors (Lipinski definition) is 4. The van der Waals surface area contributed by atoms with Crippen LogP contribution in [0.1, 0.15) is 18.4 Å². The number of nitrogens with one attached hydrogen (secondary N) is 2. The van der Waals surface area contributed by atoms with Crippen molar-refractivity contribution in [3.05, 3.63) is 72.3 Å². The fourth-order valence-corrected chi connectivity index (χ4v) is 4.94. The molecule has 1 saturated heterocycles. The minimum Gasteiger partial charge on any atom is -0.342 e. The van der Waals surface area contributed by atoms with Crippen LogP contribution in [0, 0.1) is 18.7 Å². The van der Waals surface area contributed by atoms with Gasteiger partial charge in [-0.25, -0.2) is 14.2 Å². The van der Waals surface area contributed by atoms with Crippen LogP contribution >= 0.6 is 11.8 Å². The van der Waals surface area contributed by atoms with E-state index in [9.17, 15) is 14.0 Å². The molecule has 0 bridgehead atoms. The molecule has 1 fully saturated rings. The smallest absolute Gasteiger partial charge is 0.319 e. The van der Waals surface area contributed by atoms with Crippen molar-refractivity contribution < 1.29 is 14.0 Å². The van der Waals surface area contributed by atoms with Crippen LogP contribution in [0.25, 0.3) is 5.69 Å². The molecule has 3 amide bonds. The summed E-state index contributed by atoms with van der Waals surface area (Å²) < 4.78 is 15.3. The van der Waals surface area contributed by atoms with Gasteiger partial charge in [-0.1, -0.05) is 36.0 Å². The maximum absolute atomic E-state index is 13.3. The normalized spacial score (nSPS) is 15.7. The highest BCUT2D eigenvalue weighted by Gasteiger charge is 2.24. The van der Waals surface area contributed by atoms with Gasteiger partial charge in [0.05, 0.1) is 11.4 Å². The first kappa shape index (κ1) is 23.8. The highest BCUT2D eigenvalue weighted by Crippen LogP contribution is 2.24. The number of carbonyl (C=O) groups excluding carboxylic acids is 2. The zero-order valence-corrected chi connectivity index (χ0v) is 19.9. The van der Waals surface area contributed by atoms with Crippen LogP contribution in [0.4, 0.5) is 14.9 Å². The summed E-state index contributed by atoms with van der Waals surface area (Å²) in [5, 5.41) is 6.25. The number of anilines is 1. The number of thioether (sulfide) groups is 1. The molecule has 7 nitrogen and oxygen atoms in total. The van der Waals surface area contributed by atoms with Gasteiger partial charge in [-0.3, -0.25) is 9.36 Å². The SMILES string of the molecule is Cc1ccccc1-n1ccnc1SCC(=O)N1CCCC(CNC(=O)Nc2cccc(F)c2)C1. The van der Waals surface area contributed by atoms with Gasteiger partial charge in [-0.15, -0.1) is 0 Å². The topological polar surface area (TPSA) is 79.3 Å². The van der Waals surface area contributed by atoms with Gasteiger partial charge in [0.2, 0.25) is 5.91 Å². The summed E-state index contributed by atoms with van der Waals surface area (Å²) in [6.07, 6.45) is 5.49. The third kappa shape index (κ3) is 6.17. The molecule has 1 aliphatic heterocycles. The van der Waals surface area contributed by atoms with Crippen molar-refractivity contribution in [1.29, 1.82) is 0 Å². The quantitative estimate of drug-likeness (QED) is 0.488. The van der Waals surface area contributed by atoms with E-state index < -0.39 is 5.82 Å². The van der Waals surface area contributed by atoms with Gasteiger partial charge in [0.15, 0.2) is 5.16 Å². The number of benzene rings is 2. The molecule has 2 N–H and O–H groups in total. The lowest BCUT2D eigenvalue weighted by Gasteiger charge is -2.32. The van der Waals surface area contributed by atoms with Gasteiger partial charge in [0, 0.05) is 37.7 Å². The minimum absolute atomic E-state index is 0.0678. The summed E-state index contributed by atoms with van der Waals surface area (Å²) in [5.74, 6) is 0.148. The predicted molar refractivity (Wildman–Crippen MR) is 132 cm³/mol. The molecule has 1 aliphatic rings. The second kappa shape index (κ2) is 11.2. The van der Waals surface area contributed by atoms with Gasteiger partial charge >= 0.3 is 6.03 Å². The second-order valence-corrected chi connectivity index (χ2v) is 9.29. The monoisotopic (exact) mass is 481 g/mol. The van der Waals surface area contributed by atoms with Gasteiger partial charge in [0.25, 0.3) is 0 Å². The molecule has 1 aromatic heterocycles. The lowest BCUT2D eigenvalue weighted by Crippen LogP contribution is -2.45. The summed E-state index contributed by atoms with van der Waals surface area (Å²) in [6, 6.07) is 13.5. The number of rotatable bonds is 7. The van der Waals surface area contributed by atoms with E-state index in [4.69, 9.17) is 0 Å². The Hall–Kier alpha value is -3.33. The Morgan fingerprint density at radius 1 is 1.21 bits per heavy atom. The van der Waals surface area contributed by atoms with Gasteiger partial charge in [0.1, 0.15) is 5.82 Å². The van der Waals surface area contributed by atoms with Crippen LogP contribution in [-0.2, 0) is 4.79 Å². The Balaban J connectivity index is 1.26. The number of carbonyl (C=O) groups is 2. The van der Waals surface area contributed by atoms with Crippen LogP contribution in [0.2, 0.25) is 0 Å². The molecule has 0 saturated carbocycles. The number of hydrogen-bond donors (Lipinski definition) is 2. The lowest BCUT2D eigenvalue weighted by atomic mass is 9.98. The van der Waals surface area contributed by atoms with Crippen LogP contribution in [0.3, 0.4) is 0 Å². The van der Waals surface area contributed by atoms with E-state index in [2.05, 4.69) is 28.6 Å². The average Bonchev–Trinajstić information content (AvgIpc) is 3.30. The van der Waals surface area contributed by atoms with Gasteiger partial charge < -0.3 is 15.5 Å². The van der Waals surface area contributed by atoms with Crippen molar-refractivity contribution in [2.75, 3.05) is 30.7 Å². The molecule has 2 aromatic carbocycles. The van der Waals surface area contributed by atoms with E-state index in [1.807, 2.05) is 33.9 Å². The Kier molecular flexibility index (Phi) is 7.84. The minimum atomic E-state index is -0.404. The maximum atomic E-state index is 13.3. The molecular weight excluding hydrogens is 453 g/mol. The van der Waals surface area contributed by atoms with Crippen molar-refractivity contribution in [3.8, 4) is 5.69 Å². The number of aromatic nitrogens is 2. The second-order valence-electron chi connectivity index (χ2n) is 8.35. The van der Waals surface area contributed by atoms with Crippen molar-refractivity contribution in [2.24, 2.45) is 5.92 Å². The highest BCUT2D eigenvalue weighted by atomic mass is 32.2. The van der Waals surface area contributed by atoms with E-state index in [0.717, 1.165) is 35.8 Å². The van der Waals surface area contributed by atoms with Crippen molar-refractivity contribution in [1.82, 2.24) is 19.8 Å². The Bertz CT molecular complexity index is 1150. The van der Waals surface area contributed by atoms with Crippen molar-refractivity contribution in [3.63, 3.8) is 0 Å². The van der Waals surface area contributed by atoms with Crippen LogP contribution < -0.4 is 10.6 Å². The number of piperidine rings is 1. The first-order chi connectivity index (χ1) is 16.5. The Morgan fingerprint density at radius 2 is 2.06 bits per heavy atom.